The largest absolute Gasteiger partial charge is 0.389 e. The maximum Gasteiger partial charge on any atom is 0.0997 e. The van der Waals surface area contributed by atoms with Crippen molar-refractivity contribution in [2.75, 3.05) is 0 Å². The Bertz CT molecular complexity index is 546. The van der Waals surface area contributed by atoms with E-state index in [1.807, 2.05) is 42.9 Å². The van der Waals surface area contributed by atoms with Gasteiger partial charge in [-0.3, -0.25) is 0 Å². The molecule has 0 aliphatic carbocycles. The van der Waals surface area contributed by atoms with Gasteiger partial charge in [0.1, 0.15) is 0 Å². The molecule has 1 heterocycles. The van der Waals surface area contributed by atoms with E-state index in [-0.39, 0.29) is 0 Å². The van der Waals surface area contributed by atoms with Gasteiger partial charge in [-0.15, -0.1) is 0 Å². The summed E-state index contributed by atoms with van der Waals surface area (Å²) < 4.78 is 2.99. The minimum Gasteiger partial charge on any atom is -0.389 e. The van der Waals surface area contributed by atoms with Crippen molar-refractivity contribution < 1.29 is 5.11 Å². The number of hydrogen-bond acceptors (Lipinski definition) is 2. The van der Waals surface area contributed by atoms with Crippen LogP contribution in [0.4, 0.5) is 0 Å². The Kier molecular flexibility index (Phi) is 3.35. The molecule has 90 valence electrons. The molecule has 0 aliphatic heterocycles. The third-order valence-electron chi connectivity index (χ3n) is 2.97. The molecule has 1 aromatic carbocycles. The maximum atomic E-state index is 9.53. The van der Waals surface area contributed by atoms with Crippen LogP contribution in [0, 0.1) is 13.8 Å². The smallest absolute Gasteiger partial charge is 0.0997 e. The third kappa shape index (κ3) is 2.28. The molecule has 0 aliphatic rings. The first-order valence-electron chi connectivity index (χ1n) is 5.49. The van der Waals surface area contributed by atoms with Crippen molar-refractivity contribution in [3.05, 3.63) is 46.0 Å². The van der Waals surface area contributed by atoms with E-state index in [9.17, 15) is 5.11 Å². The van der Waals surface area contributed by atoms with Crippen molar-refractivity contribution in [3.63, 3.8) is 0 Å². The summed E-state index contributed by atoms with van der Waals surface area (Å²) in [5.41, 5.74) is 4.08. The average Bonchev–Trinajstić information content (AvgIpc) is 2.60. The Morgan fingerprint density at radius 3 is 2.53 bits per heavy atom. The van der Waals surface area contributed by atoms with Gasteiger partial charge in [0.2, 0.25) is 0 Å². The van der Waals surface area contributed by atoms with E-state index in [4.69, 9.17) is 0 Å². The Hall–Kier alpha value is -1.13. The molecule has 0 fully saturated rings. The third-order valence-corrected chi connectivity index (χ3v) is 3.60. The number of imidazole rings is 1. The van der Waals surface area contributed by atoms with Crippen LogP contribution in [0.3, 0.4) is 0 Å². The predicted molar refractivity (Wildman–Crippen MR) is 71.4 cm³/mol. The molecule has 0 bridgehead atoms. The van der Waals surface area contributed by atoms with Crippen LogP contribution in [-0.4, -0.2) is 14.7 Å². The van der Waals surface area contributed by atoms with Crippen LogP contribution in [0.15, 0.2) is 29.0 Å². The van der Waals surface area contributed by atoms with Crippen molar-refractivity contribution >= 4 is 15.9 Å². The Labute approximate surface area is 109 Å². The van der Waals surface area contributed by atoms with Crippen molar-refractivity contribution in [2.45, 2.75) is 26.9 Å². The summed E-state index contributed by atoms with van der Waals surface area (Å²) in [5.74, 6) is 0. The highest BCUT2D eigenvalue weighted by atomic mass is 79.9. The molecule has 1 aromatic heterocycles. The van der Waals surface area contributed by atoms with Crippen LogP contribution >= 0.6 is 15.9 Å². The number of aromatic nitrogens is 2. The van der Waals surface area contributed by atoms with Gasteiger partial charge in [0, 0.05) is 10.2 Å². The number of rotatable bonds is 2. The fourth-order valence-corrected chi connectivity index (χ4v) is 2.31. The van der Waals surface area contributed by atoms with Gasteiger partial charge < -0.3 is 9.67 Å². The van der Waals surface area contributed by atoms with Gasteiger partial charge in [-0.2, -0.15) is 0 Å². The molecule has 0 saturated carbocycles. The van der Waals surface area contributed by atoms with Gasteiger partial charge in [0.05, 0.1) is 23.8 Å². The fraction of sp³-hybridized carbons (Fsp3) is 0.308. The lowest BCUT2D eigenvalue weighted by Gasteiger charge is -2.11. The highest BCUT2D eigenvalue weighted by molar-refractivity contribution is 9.10. The molecule has 4 heteroatoms. The standard InChI is InChI=1S/C13H15BrN2O/c1-8-9(2)16(7-15-8)13-5-4-11(10(3)17)6-12(13)14/h4-7,10,17H,1-3H3/t10-/m0/s1. The van der Waals surface area contributed by atoms with Gasteiger partial charge in [-0.1, -0.05) is 6.07 Å². The fourth-order valence-electron chi connectivity index (χ4n) is 1.72. The predicted octanol–water partition coefficient (Wildman–Crippen LogP) is 3.30. The average molecular weight is 295 g/mol. The van der Waals surface area contributed by atoms with Gasteiger partial charge in [-0.25, -0.2) is 4.98 Å². The lowest BCUT2D eigenvalue weighted by Crippen LogP contribution is -1.98. The van der Waals surface area contributed by atoms with Crippen LogP contribution in [-0.2, 0) is 0 Å². The second-order valence-corrected chi connectivity index (χ2v) is 5.03. The summed E-state index contributed by atoms with van der Waals surface area (Å²) in [6, 6.07) is 5.86. The zero-order valence-corrected chi connectivity index (χ0v) is 11.7. The monoisotopic (exact) mass is 294 g/mol. The van der Waals surface area contributed by atoms with Crippen molar-refractivity contribution in [3.8, 4) is 5.69 Å². The Morgan fingerprint density at radius 2 is 2.06 bits per heavy atom. The molecule has 1 N–H and O–H groups in total. The second kappa shape index (κ2) is 4.63. The summed E-state index contributed by atoms with van der Waals surface area (Å²) in [7, 11) is 0. The molecule has 0 spiro atoms. The van der Waals surface area contributed by atoms with Crippen LogP contribution in [0.25, 0.3) is 5.69 Å². The van der Waals surface area contributed by atoms with E-state index in [0.29, 0.717) is 0 Å². The summed E-state index contributed by atoms with van der Waals surface area (Å²) >= 11 is 3.54. The Balaban J connectivity index is 2.50. The van der Waals surface area contributed by atoms with E-state index in [1.165, 1.54) is 0 Å². The minimum atomic E-state index is -0.453. The van der Waals surface area contributed by atoms with Crippen molar-refractivity contribution in [2.24, 2.45) is 0 Å². The molecule has 3 nitrogen and oxygen atoms in total. The molecule has 2 rings (SSSR count). The zero-order chi connectivity index (χ0) is 12.6. The molecule has 17 heavy (non-hydrogen) atoms. The maximum absolute atomic E-state index is 9.53. The number of hydrogen-bond donors (Lipinski definition) is 1. The molecule has 0 radical (unpaired) electrons. The molecule has 0 saturated heterocycles. The summed E-state index contributed by atoms with van der Waals surface area (Å²) in [5, 5.41) is 9.53. The molecule has 1 atom stereocenters. The number of aryl methyl sites for hydroxylation is 1. The van der Waals surface area contributed by atoms with Gasteiger partial charge in [-0.05, 0) is 54.4 Å². The highest BCUT2D eigenvalue weighted by Crippen LogP contribution is 2.26. The lowest BCUT2D eigenvalue weighted by molar-refractivity contribution is 0.199. The first-order chi connectivity index (χ1) is 8.00. The number of aliphatic hydroxyl groups is 1. The van der Waals surface area contributed by atoms with E-state index < -0.39 is 6.10 Å². The normalized spacial score (nSPS) is 12.8. The molecular weight excluding hydrogens is 280 g/mol. The molecule has 0 unspecified atom stereocenters. The highest BCUT2D eigenvalue weighted by Gasteiger charge is 2.09. The SMILES string of the molecule is Cc1ncn(-c2ccc([C@H](C)O)cc2Br)c1C. The van der Waals surface area contributed by atoms with Crippen LogP contribution in [0.2, 0.25) is 0 Å². The van der Waals surface area contributed by atoms with E-state index >= 15 is 0 Å². The van der Waals surface area contributed by atoms with Crippen LogP contribution in [0.5, 0.6) is 0 Å². The van der Waals surface area contributed by atoms with E-state index in [2.05, 4.69) is 20.9 Å². The summed E-state index contributed by atoms with van der Waals surface area (Å²) in [4.78, 5) is 4.28. The quantitative estimate of drug-likeness (QED) is 0.923. The zero-order valence-electron chi connectivity index (χ0n) is 10.1. The second-order valence-electron chi connectivity index (χ2n) is 4.17. The van der Waals surface area contributed by atoms with Gasteiger partial charge in [0.25, 0.3) is 0 Å². The first-order valence-corrected chi connectivity index (χ1v) is 6.28. The van der Waals surface area contributed by atoms with Gasteiger partial charge in [0.15, 0.2) is 0 Å². The van der Waals surface area contributed by atoms with Gasteiger partial charge >= 0.3 is 0 Å². The van der Waals surface area contributed by atoms with Crippen LogP contribution < -0.4 is 0 Å². The van der Waals surface area contributed by atoms with Crippen molar-refractivity contribution in [1.82, 2.24) is 9.55 Å². The number of halogens is 1. The van der Waals surface area contributed by atoms with E-state index in [0.717, 1.165) is 27.1 Å². The molecular formula is C13H15BrN2O. The summed E-state index contributed by atoms with van der Waals surface area (Å²) in [6.45, 7) is 5.79. The number of benzene rings is 1. The van der Waals surface area contributed by atoms with Crippen LogP contribution in [0.1, 0.15) is 30.0 Å². The van der Waals surface area contributed by atoms with Crippen molar-refractivity contribution in [1.29, 1.82) is 0 Å². The molecule has 0 amide bonds. The number of aliphatic hydroxyl groups excluding tert-OH is 1. The topological polar surface area (TPSA) is 38.0 Å². The summed E-state index contributed by atoms with van der Waals surface area (Å²) in [6.07, 6.45) is 1.36. The molecule has 2 aromatic rings. The minimum absolute atomic E-state index is 0.453. The number of nitrogens with zero attached hydrogens (tertiary/aromatic N) is 2. The Morgan fingerprint density at radius 1 is 1.35 bits per heavy atom. The van der Waals surface area contributed by atoms with E-state index in [1.54, 1.807) is 6.92 Å². The first kappa shape index (κ1) is 12.3. The lowest BCUT2D eigenvalue weighted by atomic mass is 10.1.